The van der Waals surface area contributed by atoms with Crippen molar-refractivity contribution in [1.82, 2.24) is 15.0 Å². The summed E-state index contributed by atoms with van der Waals surface area (Å²) in [5.41, 5.74) is 1.15. The first-order chi connectivity index (χ1) is 10.6. The molecule has 2 unspecified atom stereocenters. The fourth-order valence-electron chi connectivity index (χ4n) is 4.00. The second-order valence-electron chi connectivity index (χ2n) is 5.88. The average Bonchev–Trinajstić information content (AvgIpc) is 2.53. The van der Waals surface area contributed by atoms with Crippen molar-refractivity contribution in [2.75, 3.05) is 20.8 Å². The number of aromatic amines is 1. The van der Waals surface area contributed by atoms with Gasteiger partial charge in [-0.15, -0.1) is 0 Å². The smallest absolute Gasteiger partial charge is 0.330 e. The molecule has 2 aliphatic heterocycles. The summed E-state index contributed by atoms with van der Waals surface area (Å²) in [6, 6.07) is 1.28. The number of ether oxygens (including phenoxy) is 3. The standard InChI is InChI=1S/C13H17N3O6/c1-14-22-13-5-12(6-19-2)9(13)8(20-13)10(21-12)16-4-3-7(17)15-11(16)18/h3-4,8-10,14H,5-6H2,1-2H3,(H,15,17,18)/t8?,9?,10-,12-,13+/m1/s1. The molecule has 3 fully saturated rings. The Hall–Kier alpha value is -1.52. The molecule has 9 nitrogen and oxygen atoms in total. The second kappa shape index (κ2) is 4.49. The van der Waals surface area contributed by atoms with Crippen LogP contribution in [0.2, 0.25) is 0 Å². The Morgan fingerprint density at radius 2 is 2.32 bits per heavy atom. The van der Waals surface area contributed by atoms with Crippen LogP contribution in [0.25, 0.3) is 0 Å². The SMILES string of the molecule is CNO[C@]12C[C@]3(COC)O[C@@H](n4ccc(=O)[nH]c4=O)C(O1)C32. The molecule has 1 saturated carbocycles. The van der Waals surface area contributed by atoms with Gasteiger partial charge in [0.15, 0.2) is 12.0 Å². The van der Waals surface area contributed by atoms with E-state index in [2.05, 4.69) is 10.5 Å². The van der Waals surface area contributed by atoms with Crippen LogP contribution < -0.4 is 16.7 Å². The zero-order valence-electron chi connectivity index (χ0n) is 12.2. The van der Waals surface area contributed by atoms with Gasteiger partial charge in [-0.25, -0.2) is 10.3 Å². The van der Waals surface area contributed by atoms with Crippen LogP contribution in [0.5, 0.6) is 0 Å². The lowest BCUT2D eigenvalue weighted by Crippen LogP contribution is -2.79. The molecule has 2 N–H and O–H groups in total. The zero-order chi connectivity index (χ0) is 15.5. The lowest BCUT2D eigenvalue weighted by molar-refractivity contribution is -0.460. The van der Waals surface area contributed by atoms with E-state index in [0.29, 0.717) is 13.0 Å². The van der Waals surface area contributed by atoms with Crippen LogP contribution in [0.15, 0.2) is 21.9 Å². The molecule has 4 rings (SSSR count). The number of nitrogens with zero attached hydrogens (tertiary/aromatic N) is 1. The molecular weight excluding hydrogens is 294 g/mol. The van der Waals surface area contributed by atoms with Crippen LogP contribution in [0.4, 0.5) is 0 Å². The fourth-order valence-corrected chi connectivity index (χ4v) is 4.00. The maximum Gasteiger partial charge on any atom is 0.330 e. The summed E-state index contributed by atoms with van der Waals surface area (Å²) >= 11 is 0. The van der Waals surface area contributed by atoms with Gasteiger partial charge < -0.3 is 14.2 Å². The Kier molecular flexibility index (Phi) is 2.88. The monoisotopic (exact) mass is 311 g/mol. The molecule has 1 aromatic rings. The van der Waals surface area contributed by atoms with Gasteiger partial charge in [-0.05, 0) is 0 Å². The summed E-state index contributed by atoms with van der Waals surface area (Å²) in [7, 11) is 3.27. The first-order valence-corrected chi connectivity index (χ1v) is 7.06. The van der Waals surface area contributed by atoms with Crippen LogP contribution in [-0.2, 0) is 19.0 Å². The molecule has 9 heteroatoms. The highest BCUT2D eigenvalue weighted by Gasteiger charge is 2.83. The van der Waals surface area contributed by atoms with E-state index in [1.54, 1.807) is 14.2 Å². The number of rotatable bonds is 5. The van der Waals surface area contributed by atoms with Crippen LogP contribution >= 0.6 is 0 Å². The van der Waals surface area contributed by atoms with Gasteiger partial charge in [0, 0.05) is 32.8 Å². The van der Waals surface area contributed by atoms with Crippen LogP contribution in [0.3, 0.4) is 0 Å². The topological polar surface area (TPSA) is 104 Å². The quantitative estimate of drug-likeness (QED) is 0.653. The van der Waals surface area contributed by atoms with Gasteiger partial charge >= 0.3 is 5.69 Å². The molecule has 120 valence electrons. The lowest BCUT2D eigenvalue weighted by Gasteiger charge is -2.64. The Balaban J connectivity index is 1.68. The number of hydroxylamine groups is 1. The predicted molar refractivity (Wildman–Crippen MR) is 71.9 cm³/mol. The van der Waals surface area contributed by atoms with Crippen LogP contribution in [0, 0.1) is 5.92 Å². The second-order valence-corrected chi connectivity index (χ2v) is 5.88. The van der Waals surface area contributed by atoms with E-state index in [0.717, 1.165) is 0 Å². The molecule has 0 aromatic carbocycles. The number of H-pyrrole nitrogens is 1. The van der Waals surface area contributed by atoms with Crippen molar-refractivity contribution in [2.45, 2.75) is 30.1 Å². The molecule has 3 heterocycles. The van der Waals surface area contributed by atoms with Gasteiger partial charge in [-0.2, -0.15) is 0 Å². The van der Waals surface area contributed by atoms with E-state index >= 15 is 0 Å². The molecule has 0 amide bonds. The number of methoxy groups -OCH3 is 1. The van der Waals surface area contributed by atoms with Crippen molar-refractivity contribution in [1.29, 1.82) is 0 Å². The van der Waals surface area contributed by atoms with E-state index in [9.17, 15) is 9.59 Å². The minimum atomic E-state index is -0.724. The summed E-state index contributed by atoms with van der Waals surface area (Å²) in [4.78, 5) is 30.9. The normalized spacial score (nSPS) is 41.6. The Bertz CT molecular complexity index is 716. The highest BCUT2D eigenvalue weighted by atomic mass is 16.8. The molecular formula is C13H17N3O6. The number of nitrogens with one attached hydrogen (secondary N) is 2. The molecule has 0 bridgehead atoms. The van der Waals surface area contributed by atoms with Crippen molar-refractivity contribution in [3.63, 3.8) is 0 Å². The average molecular weight is 311 g/mol. The number of hydrogen-bond donors (Lipinski definition) is 2. The summed E-state index contributed by atoms with van der Waals surface area (Å²) in [6.45, 7) is 0.390. The summed E-state index contributed by atoms with van der Waals surface area (Å²) in [6.07, 6.45) is 1.01. The largest absolute Gasteiger partial charge is 0.382 e. The third-order valence-corrected chi connectivity index (χ3v) is 4.68. The van der Waals surface area contributed by atoms with Gasteiger partial charge in [0.1, 0.15) is 11.7 Å². The predicted octanol–water partition coefficient (Wildman–Crippen LogP) is -1.28. The van der Waals surface area contributed by atoms with Gasteiger partial charge in [-0.3, -0.25) is 19.2 Å². The zero-order valence-corrected chi connectivity index (χ0v) is 12.2. The van der Waals surface area contributed by atoms with Gasteiger partial charge in [0.2, 0.25) is 0 Å². The minimum Gasteiger partial charge on any atom is -0.382 e. The van der Waals surface area contributed by atoms with Crippen molar-refractivity contribution in [3.8, 4) is 0 Å². The van der Waals surface area contributed by atoms with Crippen LogP contribution in [-0.4, -0.2) is 47.8 Å². The molecule has 0 radical (unpaired) electrons. The third-order valence-electron chi connectivity index (χ3n) is 4.68. The van der Waals surface area contributed by atoms with E-state index in [1.165, 1.54) is 16.8 Å². The van der Waals surface area contributed by atoms with Gasteiger partial charge in [0.05, 0.1) is 12.5 Å². The first-order valence-electron chi connectivity index (χ1n) is 7.06. The number of hydrogen-bond acceptors (Lipinski definition) is 7. The maximum absolute atomic E-state index is 12.0. The molecule has 22 heavy (non-hydrogen) atoms. The van der Waals surface area contributed by atoms with Crippen LogP contribution in [0.1, 0.15) is 12.6 Å². The van der Waals surface area contributed by atoms with E-state index in [-0.39, 0.29) is 12.0 Å². The van der Waals surface area contributed by atoms with Crippen molar-refractivity contribution >= 4 is 0 Å². The van der Waals surface area contributed by atoms with E-state index in [1.807, 2.05) is 0 Å². The molecule has 2 saturated heterocycles. The summed E-state index contributed by atoms with van der Waals surface area (Å²) in [5, 5.41) is 0. The number of aromatic nitrogens is 2. The van der Waals surface area contributed by atoms with E-state index in [4.69, 9.17) is 19.0 Å². The molecule has 5 atom stereocenters. The molecule has 1 aromatic heterocycles. The maximum atomic E-state index is 12.0. The highest BCUT2D eigenvalue weighted by molar-refractivity contribution is 5.23. The summed E-state index contributed by atoms with van der Waals surface area (Å²) in [5.74, 6) is -0.755. The highest BCUT2D eigenvalue weighted by Crippen LogP contribution is 2.69. The molecule has 0 spiro atoms. The Morgan fingerprint density at radius 3 is 3.00 bits per heavy atom. The minimum absolute atomic E-state index is 0.0313. The summed E-state index contributed by atoms with van der Waals surface area (Å²) < 4.78 is 18.6. The van der Waals surface area contributed by atoms with Gasteiger partial charge in [0.25, 0.3) is 5.56 Å². The lowest BCUT2D eigenvalue weighted by atomic mass is 9.59. The van der Waals surface area contributed by atoms with Crippen molar-refractivity contribution in [3.05, 3.63) is 33.1 Å². The first kappa shape index (κ1) is 14.1. The third kappa shape index (κ3) is 1.60. The Labute approximate surface area is 125 Å². The van der Waals surface area contributed by atoms with Gasteiger partial charge in [-0.1, -0.05) is 0 Å². The molecule has 3 aliphatic rings. The fraction of sp³-hybridized carbons (Fsp3) is 0.692. The van der Waals surface area contributed by atoms with Crippen molar-refractivity contribution in [2.24, 2.45) is 5.92 Å². The Morgan fingerprint density at radius 1 is 1.50 bits per heavy atom. The van der Waals surface area contributed by atoms with Crippen molar-refractivity contribution < 1.29 is 19.0 Å². The van der Waals surface area contributed by atoms with E-state index < -0.39 is 28.9 Å². The molecule has 1 aliphatic carbocycles.